The lowest BCUT2D eigenvalue weighted by Gasteiger charge is -2.35. The first kappa shape index (κ1) is 17.5. The Hall–Kier alpha value is -2.34. The molecular formula is C19H23FN4O. The summed E-state index contributed by atoms with van der Waals surface area (Å²) in [5, 5.41) is 2.76. The molecule has 25 heavy (non-hydrogen) atoms. The molecule has 6 heteroatoms. The van der Waals surface area contributed by atoms with Gasteiger partial charge in [0.15, 0.2) is 0 Å². The van der Waals surface area contributed by atoms with E-state index in [1.165, 1.54) is 17.7 Å². The van der Waals surface area contributed by atoms with Crippen LogP contribution >= 0.6 is 0 Å². The number of hydrogen-bond acceptors (Lipinski definition) is 4. The molecule has 1 unspecified atom stereocenters. The first-order valence-corrected chi connectivity index (χ1v) is 8.68. The van der Waals surface area contributed by atoms with E-state index in [-0.39, 0.29) is 17.8 Å². The number of benzene rings is 1. The Kier molecular flexibility index (Phi) is 5.71. The zero-order valence-electron chi connectivity index (χ0n) is 14.4. The van der Waals surface area contributed by atoms with E-state index >= 15 is 0 Å². The number of aromatic nitrogens is 2. The zero-order chi connectivity index (χ0) is 17.6. The van der Waals surface area contributed by atoms with Gasteiger partial charge in [-0.1, -0.05) is 12.1 Å². The van der Waals surface area contributed by atoms with Crippen LogP contribution in [0, 0.1) is 11.7 Å². The molecule has 1 aliphatic rings. The van der Waals surface area contributed by atoms with Gasteiger partial charge in [0.25, 0.3) is 0 Å². The van der Waals surface area contributed by atoms with Gasteiger partial charge in [-0.25, -0.2) is 14.4 Å². The fourth-order valence-corrected chi connectivity index (χ4v) is 3.24. The molecule has 2 heterocycles. The molecule has 0 bridgehead atoms. The molecule has 132 valence electrons. The van der Waals surface area contributed by atoms with Gasteiger partial charge < -0.3 is 0 Å². The molecule has 5 nitrogen and oxygen atoms in total. The highest BCUT2D eigenvalue weighted by Crippen LogP contribution is 2.23. The van der Waals surface area contributed by atoms with Crippen molar-refractivity contribution in [1.29, 1.82) is 0 Å². The topological polar surface area (TPSA) is 58.1 Å². The Labute approximate surface area is 147 Å². The quantitative estimate of drug-likeness (QED) is 0.908. The first-order valence-electron chi connectivity index (χ1n) is 8.68. The summed E-state index contributed by atoms with van der Waals surface area (Å²) in [6.07, 6.45) is 6.25. The molecule has 1 atom stereocenters. The van der Waals surface area contributed by atoms with E-state index in [2.05, 4.69) is 20.2 Å². The van der Waals surface area contributed by atoms with Gasteiger partial charge in [0.2, 0.25) is 11.9 Å². The molecule has 2 aromatic rings. The number of anilines is 1. The Morgan fingerprint density at radius 3 is 2.52 bits per heavy atom. The Morgan fingerprint density at radius 1 is 1.24 bits per heavy atom. The number of piperidine rings is 1. The predicted molar refractivity (Wildman–Crippen MR) is 94.5 cm³/mol. The lowest BCUT2D eigenvalue weighted by molar-refractivity contribution is -0.121. The highest BCUT2D eigenvalue weighted by atomic mass is 19.1. The summed E-state index contributed by atoms with van der Waals surface area (Å²) in [7, 11) is 0. The van der Waals surface area contributed by atoms with Gasteiger partial charge in [0.05, 0.1) is 6.04 Å². The maximum atomic E-state index is 13.0. The molecule has 1 amide bonds. The second-order valence-electron chi connectivity index (χ2n) is 6.55. The molecule has 0 spiro atoms. The van der Waals surface area contributed by atoms with Crippen molar-refractivity contribution in [2.75, 3.05) is 18.4 Å². The van der Waals surface area contributed by atoms with Crippen LogP contribution in [0.4, 0.5) is 10.3 Å². The van der Waals surface area contributed by atoms with E-state index in [1.54, 1.807) is 18.5 Å². The molecule has 0 aliphatic carbocycles. The Morgan fingerprint density at radius 2 is 1.88 bits per heavy atom. The van der Waals surface area contributed by atoms with Crippen LogP contribution < -0.4 is 5.32 Å². The molecule has 1 aromatic heterocycles. The molecule has 0 radical (unpaired) electrons. The van der Waals surface area contributed by atoms with E-state index in [4.69, 9.17) is 0 Å². The van der Waals surface area contributed by atoms with Crippen molar-refractivity contribution in [3.8, 4) is 0 Å². The van der Waals surface area contributed by atoms with Gasteiger partial charge in [-0.3, -0.25) is 15.0 Å². The van der Waals surface area contributed by atoms with E-state index in [0.29, 0.717) is 11.9 Å². The standard InChI is InChI=1S/C19H23FN4O/c1-14(18(25)23-19-21-9-2-10-22-19)24-11-7-16(8-12-24)13-15-3-5-17(20)6-4-15/h2-6,9-10,14,16H,7-8,11-13H2,1H3,(H,21,22,23,25). The van der Waals surface area contributed by atoms with E-state index < -0.39 is 0 Å². The number of nitrogens with one attached hydrogen (secondary N) is 1. The molecule has 0 saturated carbocycles. The summed E-state index contributed by atoms with van der Waals surface area (Å²) in [6.45, 7) is 3.69. The summed E-state index contributed by atoms with van der Waals surface area (Å²) < 4.78 is 13.0. The number of halogens is 1. The lowest BCUT2D eigenvalue weighted by Crippen LogP contribution is -2.46. The number of nitrogens with zero attached hydrogens (tertiary/aromatic N) is 3. The van der Waals surface area contributed by atoms with E-state index in [1.807, 2.05) is 19.1 Å². The van der Waals surface area contributed by atoms with Crippen LogP contribution in [0.5, 0.6) is 0 Å². The molecule has 1 fully saturated rings. The van der Waals surface area contributed by atoms with Crippen LogP contribution in [0.1, 0.15) is 25.3 Å². The molecule has 1 N–H and O–H groups in total. The summed E-state index contributed by atoms with van der Waals surface area (Å²) in [6, 6.07) is 8.25. The van der Waals surface area contributed by atoms with Crippen LogP contribution in [0.15, 0.2) is 42.7 Å². The summed E-state index contributed by atoms with van der Waals surface area (Å²) in [5.41, 5.74) is 1.17. The monoisotopic (exact) mass is 342 g/mol. The van der Waals surface area contributed by atoms with Crippen molar-refractivity contribution in [3.05, 3.63) is 54.1 Å². The van der Waals surface area contributed by atoms with Crippen LogP contribution in [0.3, 0.4) is 0 Å². The first-order chi connectivity index (χ1) is 12.1. The molecule has 3 rings (SSSR count). The molecule has 1 saturated heterocycles. The average Bonchev–Trinajstić information content (AvgIpc) is 2.64. The van der Waals surface area contributed by atoms with Gasteiger partial charge in [0.1, 0.15) is 5.82 Å². The maximum Gasteiger partial charge on any atom is 0.243 e. The van der Waals surface area contributed by atoms with E-state index in [0.717, 1.165) is 32.4 Å². The van der Waals surface area contributed by atoms with Crippen molar-refractivity contribution in [2.24, 2.45) is 5.92 Å². The van der Waals surface area contributed by atoms with Crippen molar-refractivity contribution >= 4 is 11.9 Å². The summed E-state index contributed by atoms with van der Waals surface area (Å²) >= 11 is 0. The number of likely N-dealkylation sites (tertiary alicyclic amines) is 1. The number of rotatable bonds is 5. The number of carbonyl (C=O) groups excluding carboxylic acids is 1. The van der Waals surface area contributed by atoms with Crippen molar-refractivity contribution in [3.63, 3.8) is 0 Å². The summed E-state index contributed by atoms with van der Waals surface area (Å²) in [5.74, 6) is 0.643. The molecule has 1 aliphatic heterocycles. The van der Waals surface area contributed by atoms with Crippen molar-refractivity contribution in [2.45, 2.75) is 32.2 Å². The van der Waals surface area contributed by atoms with Crippen LogP contribution in [-0.4, -0.2) is 39.9 Å². The normalized spacial score (nSPS) is 17.2. The minimum Gasteiger partial charge on any atom is -0.293 e. The van der Waals surface area contributed by atoms with Crippen LogP contribution in [0.2, 0.25) is 0 Å². The van der Waals surface area contributed by atoms with E-state index in [9.17, 15) is 9.18 Å². The third-order valence-corrected chi connectivity index (χ3v) is 4.81. The van der Waals surface area contributed by atoms with Gasteiger partial charge in [-0.15, -0.1) is 0 Å². The predicted octanol–water partition coefficient (Wildman–Crippen LogP) is 2.90. The third-order valence-electron chi connectivity index (χ3n) is 4.81. The second-order valence-corrected chi connectivity index (χ2v) is 6.55. The fourth-order valence-electron chi connectivity index (χ4n) is 3.24. The minimum atomic E-state index is -0.212. The SMILES string of the molecule is CC(C(=O)Nc1ncccn1)N1CCC(Cc2ccc(F)cc2)CC1. The van der Waals surface area contributed by atoms with Crippen molar-refractivity contribution < 1.29 is 9.18 Å². The van der Waals surface area contributed by atoms with Crippen LogP contribution in [-0.2, 0) is 11.2 Å². The maximum absolute atomic E-state index is 13.0. The number of carbonyl (C=O) groups is 1. The van der Waals surface area contributed by atoms with Crippen molar-refractivity contribution in [1.82, 2.24) is 14.9 Å². The third kappa shape index (κ3) is 4.82. The Bertz CT molecular complexity index is 684. The van der Waals surface area contributed by atoms with Gasteiger partial charge in [-0.2, -0.15) is 0 Å². The van der Waals surface area contributed by atoms with Gasteiger partial charge in [0, 0.05) is 12.4 Å². The highest BCUT2D eigenvalue weighted by Gasteiger charge is 2.27. The average molecular weight is 342 g/mol. The molecule has 1 aromatic carbocycles. The highest BCUT2D eigenvalue weighted by molar-refractivity contribution is 5.93. The second kappa shape index (κ2) is 8.16. The number of amides is 1. The minimum absolute atomic E-state index is 0.0804. The smallest absolute Gasteiger partial charge is 0.243 e. The largest absolute Gasteiger partial charge is 0.293 e. The van der Waals surface area contributed by atoms with Crippen LogP contribution in [0.25, 0.3) is 0 Å². The number of hydrogen-bond donors (Lipinski definition) is 1. The molecular weight excluding hydrogens is 319 g/mol. The van der Waals surface area contributed by atoms with Gasteiger partial charge in [-0.05, 0) is 69.0 Å². The fraction of sp³-hybridized carbons (Fsp3) is 0.421. The lowest BCUT2D eigenvalue weighted by atomic mass is 9.89. The van der Waals surface area contributed by atoms with Gasteiger partial charge >= 0.3 is 0 Å². The zero-order valence-corrected chi connectivity index (χ0v) is 14.4. The summed E-state index contributed by atoms with van der Waals surface area (Å²) in [4.78, 5) is 22.6. The Balaban J connectivity index is 1.47.